The monoisotopic (exact) mass is 497 g/mol. The summed E-state index contributed by atoms with van der Waals surface area (Å²) in [6, 6.07) is 8.19. The minimum atomic E-state index is -4.82. The molecule has 1 aromatic carbocycles. The molecule has 0 N–H and O–H groups in total. The standard InChI is InChI=1S/C20H15BrF3N3O4/c21-16-10-25-27-8-7-12(9-17(16)27)19(29)26(11-15-5-6-18(28)30-15)13-1-3-14(4-2-13)31-20(22,23)24/h1-4,7-10,15H,5-6,11H2/t15-/m1/s1. The smallest absolute Gasteiger partial charge is 0.460 e. The Morgan fingerprint density at radius 2 is 2.03 bits per heavy atom. The number of aromatic nitrogens is 2. The molecule has 0 unspecified atom stereocenters. The number of carbonyl (C=O) groups excluding carboxylic acids is 2. The predicted molar refractivity (Wildman–Crippen MR) is 107 cm³/mol. The Labute approximate surface area is 182 Å². The van der Waals surface area contributed by atoms with E-state index in [0.29, 0.717) is 27.7 Å². The number of halogens is 4. The molecule has 1 aliphatic heterocycles. The second-order valence-corrected chi connectivity index (χ2v) is 7.70. The lowest BCUT2D eigenvalue weighted by molar-refractivity contribution is -0.274. The maximum absolute atomic E-state index is 13.3. The third-order valence-electron chi connectivity index (χ3n) is 4.70. The van der Waals surface area contributed by atoms with E-state index in [9.17, 15) is 22.8 Å². The topological polar surface area (TPSA) is 73.1 Å². The molecule has 1 aliphatic rings. The van der Waals surface area contributed by atoms with Crippen molar-refractivity contribution in [3.63, 3.8) is 0 Å². The zero-order valence-electron chi connectivity index (χ0n) is 15.8. The number of pyridine rings is 1. The Kier molecular flexibility index (Phi) is 5.61. The zero-order chi connectivity index (χ0) is 22.2. The maximum atomic E-state index is 13.3. The number of fused-ring (bicyclic) bond motifs is 1. The first-order chi connectivity index (χ1) is 14.7. The van der Waals surface area contributed by atoms with E-state index in [0.717, 1.165) is 12.1 Å². The molecule has 3 heterocycles. The number of hydrogen-bond donors (Lipinski definition) is 0. The molecule has 0 radical (unpaired) electrons. The zero-order valence-corrected chi connectivity index (χ0v) is 17.4. The summed E-state index contributed by atoms with van der Waals surface area (Å²) in [4.78, 5) is 26.2. The maximum Gasteiger partial charge on any atom is 0.573 e. The number of amides is 1. The normalized spacial score (nSPS) is 16.4. The van der Waals surface area contributed by atoms with Crippen molar-refractivity contribution in [3.8, 4) is 5.75 Å². The molecule has 0 aliphatic carbocycles. The largest absolute Gasteiger partial charge is 0.573 e. The van der Waals surface area contributed by atoms with Crippen LogP contribution in [0.1, 0.15) is 23.2 Å². The highest BCUT2D eigenvalue weighted by atomic mass is 79.9. The predicted octanol–water partition coefficient (Wildman–Crippen LogP) is 4.35. The van der Waals surface area contributed by atoms with E-state index in [1.807, 2.05) is 0 Å². The fourth-order valence-electron chi connectivity index (χ4n) is 3.29. The minimum Gasteiger partial charge on any atom is -0.460 e. The van der Waals surface area contributed by atoms with Gasteiger partial charge in [-0.1, -0.05) is 0 Å². The Morgan fingerprint density at radius 3 is 2.68 bits per heavy atom. The number of nitrogens with zero attached hydrogens (tertiary/aromatic N) is 3. The van der Waals surface area contributed by atoms with Crippen LogP contribution < -0.4 is 9.64 Å². The number of cyclic esters (lactones) is 1. The average Bonchev–Trinajstić information content (AvgIpc) is 3.30. The number of benzene rings is 1. The van der Waals surface area contributed by atoms with Crippen molar-refractivity contribution in [2.45, 2.75) is 25.3 Å². The molecule has 7 nitrogen and oxygen atoms in total. The lowest BCUT2D eigenvalue weighted by Gasteiger charge is -2.26. The van der Waals surface area contributed by atoms with Crippen LogP contribution in [-0.2, 0) is 9.53 Å². The van der Waals surface area contributed by atoms with Crippen LogP contribution in [0.25, 0.3) is 5.52 Å². The van der Waals surface area contributed by atoms with E-state index >= 15 is 0 Å². The van der Waals surface area contributed by atoms with Crippen LogP contribution in [0.4, 0.5) is 18.9 Å². The van der Waals surface area contributed by atoms with Gasteiger partial charge in [0.05, 0.1) is 22.7 Å². The summed E-state index contributed by atoms with van der Waals surface area (Å²) in [5.41, 5.74) is 1.36. The fraction of sp³-hybridized carbons (Fsp3) is 0.250. The van der Waals surface area contributed by atoms with Gasteiger partial charge in [0.15, 0.2) is 0 Å². The first kappa shape index (κ1) is 21.2. The van der Waals surface area contributed by atoms with Crippen LogP contribution >= 0.6 is 15.9 Å². The summed E-state index contributed by atoms with van der Waals surface area (Å²) < 4.78 is 48.8. The van der Waals surface area contributed by atoms with Gasteiger partial charge in [-0.05, 0) is 58.7 Å². The van der Waals surface area contributed by atoms with Crippen molar-refractivity contribution in [1.82, 2.24) is 9.61 Å². The van der Waals surface area contributed by atoms with E-state index in [1.54, 1.807) is 29.0 Å². The highest BCUT2D eigenvalue weighted by Crippen LogP contribution is 2.28. The Hall–Kier alpha value is -3.08. The highest BCUT2D eigenvalue weighted by Gasteiger charge is 2.32. The van der Waals surface area contributed by atoms with Gasteiger partial charge in [0.1, 0.15) is 11.9 Å². The quantitative estimate of drug-likeness (QED) is 0.490. The first-order valence-electron chi connectivity index (χ1n) is 9.20. The van der Waals surface area contributed by atoms with Gasteiger partial charge in [0.25, 0.3) is 5.91 Å². The summed E-state index contributed by atoms with van der Waals surface area (Å²) in [6.07, 6.45) is -1.40. The molecule has 1 atom stereocenters. The van der Waals surface area contributed by atoms with Crippen molar-refractivity contribution < 1.29 is 32.2 Å². The summed E-state index contributed by atoms with van der Waals surface area (Å²) in [7, 11) is 0. The molecule has 162 valence electrons. The fourth-order valence-corrected chi connectivity index (χ4v) is 3.68. The number of hydrogen-bond acceptors (Lipinski definition) is 5. The van der Waals surface area contributed by atoms with E-state index in [1.165, 1.54) is 17.0 Å². The third-order valence-corrected chi connectivity index (χ3v) is 5.31. The number of anilines is 1. The van der Waals surface area contributed by atoms with Gasteiger partial charge in [-0.25, -0.2) is 4.52 Å². The van der Waals surface area contributed by atoms with Gasteiger partial charge in [-0.15, -0.1) is 13.2 Å². The molecular weight excluding hydrogens is 483 g/mol. The molecule has 3 aromatic rings. The van der Waals surface area contributed by atoms with Crippen LogP contribution in [0.3, 0.4) is 0 Å². The molecule has 0 spiro atoms. The molecule has 1 fully saturated rings. The van der Waals surface area contributed by atoms with E-state index in [2.05, 4.69) is 25.8 Å². The molecule has 1 saturated heterocycles. The van der Waals surface area contributed by atoms with Gasteiger partial charge in [-0.2, -0.15) is 5.10 Å². The van der Waals surface area contributed by atoms with Gasteiger partial charge in [0, 0.05) is 23.9 Å². The van der Waals surface area contributed by atoms with Crippen molar-refractivity contribution in [2.24, 2.45) is 0 Å². The lowest BCUT2D eigenvalue weighted by Crippen LogP contribution is -2.37. The van der Waals surface area contributed by atoms with Gasteiger partial charge < -0.3 is 14.4 Å². The summed E-state index contributed by atoms with van der Waals surface area (Å²) in [5, 5.41) is 4.13. The lowest BCUT2D eigenvalue weighted by atomic mass is 10.1. The van der Waals surface area contributed by atoms with E-state index in [4.69, 9.17) is 4.74 Å². The van der Waals surface area contributed by atoms with Crippen LogP contribution in [0.5, 0.6) is 5.75 Å². The molecule has 1 amide bonds. The molecular formula is C20H15BrF3N3O4. The second-order valence-electron chi connectivity index (χ2n) is 6.85. The second kappa shape index (κ2) is 8.22. The van der Waals surface area contributed by atoms with Gasteiger partial charge in [-0.3, -0.25) is 9.59 Å². The van der Waals surface area contributed by atoms with Crippen molar-refractivity contribution in [3.05, 3.63) is 58.8 Å². The van der Waals surface area contributed by atoms with E-state index < -0.39 is 24.1 Å². The van der Waals surface area contributed by atoms with Gasteiger partial charge >= 0.3 is 12.3 Å². The number of esters is 1. The Bertz CT molecular complexity index is 1130. The van der Waals surface area contributed by atoms with Crippen molar-refractivity contribution in [1.29, 1.82) is 0 Å². The molecule has 4 rings (SSSR count). The molecule has 31 heavy (non-hydrogen) atoms. The summed E-state index contributed by atoms with van der Waals surface area (Å²) in [5.74, 6) is -1.15. The number of carbonyl (C=O) groups is 2. The SMILES string of the molecule is O=C1CC[C@H](CN(C(=O)c2ccn3ncc(Br)c3c2)c2ccc(OC(F)(F)F)cc2)O1. The Balaban J connectivity index is 1.65. The number of ether oxygens (including phenoxy) is 2. The molecule has 2 aromatic heterocycles. The number of alkyl halides is 3. The van der Waals surface area contributed by atoms with Crippen molar-refractivity contribution >= 4 is 39.0 Å². The van der Waals surface area contributed by atoms with Crippen LogP contribution in [0.15, 0.2) is 53.3 Å². The van der Waals surface area contributed by atoms with Crippen LogP contribution in [0.2, 0.25) is 0 Å². The van der Waals surface area contributed by atoms with Gasteiger partial charge in [0.2, 0.25) is 0 Å². The average molecular weight is 498 g/mol. The first-order valence-corrected chi connectivity index (χ1v) is 9.99. The Morgan fingerprint density at radius 1 is 1.29 bits per heavy atom. The summed E-state index contributed by atoms with van der Waals surface area (Å²) in [6.45, 7) is 0.0651. The van der Waals surface area contributed by atoms with Crippen LogP contribution in [0, 0.1) is 0 Å². The molecule has 0 saturated carbocycles. The molecule has 0 bridgehead atoms. The summed E-state index contributed by atoms with van der Waals surface area (Å²) >= 11 is 3.37. The van der Waals surface area contributed by atoms with Crippen molar-refractivity contribution in [2.75, 3.05) is 11.4 Å². The minimum absolute atomic E-state index is 0.0651. The third kappa shape index (κ3) is 4.82. The van der Waals surface area contributed by atoms with Crippen LogP contribution in [-0.4, -0.2) is 40.5 Å². The number of rotatable bonds is 5. The van der Waals surface area contributed by atoms with E-state index in [-0.39, 0.29) is 18.9 Å². The highest BCUT2D eigenvalue weighted by molar-refractivity contribution is 9.10. The molecule has 11 heteroatoms.